The van der Waals surface area contributed by atoms with E-state index in [0.717, 1.165) is 19.3 Å². The molecule has 0 unspecified atom stereocenters. The Hall–Kier alpha value is -3.42. The fraction of sp³-hybridized carbons (Fsp3) is 0.763. The highest BCUT2D eigenvalue weighted by atomic mass is 32.2. The fourth-order valence-electron chi connectivity index (χ4n) is 10.0. The minimum Gasteiger partial charge on any atom is -0.339 e. The average Bonchev–Trinajstić information content (AvgIpc) is 3.93. The van der Waals surface area contributed by atoms with Crippen LogP contribution in [-0.4, -0.2) is 81.7 Å². The van der Waals surface area contributed by atoms with Crippen LogP contribution in [0, 0.1) is 44.3 Å². The molecule has 4 saturated carbocycles. The zero-order valence-electron chi connectivity index (χ0n) is 31.9. The predicted octanol–water partition coefficient (Wildman–Crippen LogP) is 4.13. The van der Waals surface area contributed by atoms with Crippen LogP contribution in [0.5, 0.6) is 0 Å². The number of hydrogen-bond acceptors (Lipinski definition) is 9. The second-order valence-electron chi connectivity index (χ2n) is 19.0. The summed E-state index contributed by atoms with van der Waals surface area (Å²) in [6.07, 6.45) is 7.35. The van der Waals surface area contributed by atoms with Crippen LogP contribution in [0.3, 0.4) is 0 Å². The van der Waals surface area contributed by atoms with Crippen molar-refractivity contribution in [1.82, 2.24) is 30.1 Å². The summed E-state index contributed by atoms with van der Waals surface area (Å²) in [6.45, 7) is 19.9. The maximum atomic E-state index is 15.0. The number of Topliss-reactive ketones (excluding diaryl/α,β-unsaturated/α-hetero) is 2. The second kappa shape index (κ2) is 12.3. The molecule has 6 atom stereocenters. The van der Waals surface area contributed by atoms with Crippen LogP contribution >= 0.6 is 0 Å². The zero-order valence-corrected chi connectivity index (χ0v) is 32.7. The van der Waals surface area contributed by atoms with Gasteiger partial charge in [-0.2, -0.15) is 5.10 Å². The summed E-state index contributed by atoms with van der Waals surface area (Å²) in [5, 5.41) is 8.46. The van der Waals surface area contributed by atoms with Gasteiger partial charge in [0, 0.05) is 30.7 Å². The molecule has 3 amide bonds. The number of fused-ring (bicyclic) bond motifs is 1. The quantitative estimate of drug-likeness (QED) is 0.250. The number of carbonyl (C=O) groups is 5. The third-order valence-electron chi connectivity index (χ3n) is 13.9. The molecule has 5 aliphatic rings. The van der Waals surface area contributed by atoms with Gasteiger partial charge >= 0.3 is 0 Å². The normalized spacial score (nSPS) is 29.9. The Bertz CT molecular complexity index is 1780. The Morgan fingerprint density at radius 1 is 1.04 bits per heavy atom. The molecule has 3 N–H and O–H groups in total. The van der Waals surface area contributed by atoms with Crippen molar-refractivity contribution in [3.05, 3.63) is 24.8 Å². The molecule has 14 heteroatoms. The molecule has 13 nitrogen and oxygen atoms in total. The molecule has 1 aromatic heterocycles. The van der Waals surface area contributed by atoms with E-state index >= 15 is 4.79 Å². The van der Waals surface area contributed by atoms with E-state index < -0.39 is 61.3 Å². The maximum Gasteiger partial charge on any atom is 0.289 e. The van der Waals surface area contributed by atoms with Crippen molar-refractivity contribution in [3.8, 4) is 0 Å². The summed E-state index contributed by atoms with van der Waals surface area (Å²) in [7, 11) is -3.83. The summed E-state index contributed by atoms with van der Waals surface area (Å²) in [5.74, 6) is -3.35. The molecule has 1 saturated heterocycles. The van der Waals surface area contributed by atoms with Crippen LogP contribution in [0.25, 0.3) is 0 Å². The number of hydrogen-bond donors (Lipinski definition) is 3. The lowest BCUT2D eigenvalue weighted by Gasteiger charge is -2.37. The molecule has 4 aliphatic carbocycles. The van der Waals surface area contributed by atoms with Crippen molar-refractivity contribution in [1.29, 1.82) is 0 Å². The molecular weight excluding hydrogens is 685 g/mol. The molecule has 5 fully saturated rings. The topological polar surface area (TPSA) is 188 Å². The lowest BCUT2D eigenvalue weighted by atomic mass is 9.73. The first-order valence-electron chi connectivity index (χ1n) is 18.7. The molecule has 2 heterocycles. The van der Waals surface area contributed by atoms with Gasteiger partial charge < -0.3 is 10.2 Å². The molecule has 6 rings (SSSR count). The van der Waals surface area contributed by atoms with E-state index in [1.54, 1.807) is 11.0 Å². The Labute approximate surface area is 307 Å². The number of nitrogens with one attached hydrogen (secondary N) is 3. The van der Waals surface area contributed by atoms with Gasteiger partial charge in [-0.05, 0) is 66.1 Å². The predicted molar refractivity (Wildman–Crippen MR) is 193 cm³/mol. The van der Waals surface area contributed by atoms with Crippen LogP contribution in [0.4, 0.5) is 0 Å². The maximum absolute atomic E-state index is 15.0. The van der Waals surface area contributed by atoms with Crippen molar-refractivity contribution in [2.24, 2.45) is 44.3 Å². The van der Waals surface area contributed by atoms with Crippen LogP contribution in [0.2, 0.25) is 0 Å². The van der Waals surface area contributed by atoms with E-state index in [1.807, 2.05) is 41.5 Å². The number of aromatic amines is 1. The zero-order chi connectivity index (χ0) is 38.4. The summed E-state index contributed by atoms with van der Waals surface area (Å²) < 4.78 is 27.8. The second-order valence-corrected chi connectivity index (χ2v) is 21.0. The van der Waals surface area contributed by atoms with E-state index in [4.69, 9.17) is 0 Å². The molecule has 52 heavy (non-hydrogen) atoms. The molecule has 0 aromatic carbocycles. The summed E-state index contributed by atoms with van der Waals surface area (Å²) >= 11 is 0. The number of amides is 3. The number of allylic oxidation sites excluding steroid dienone is 1. The summed E-state index contributed by atoms with van der Waals surface area (Å²) in [4.78, 5) is 76.0. The van der Waals surface area contributed by atoms with E-state index in [-0.39, 0.29) is 58.3 Å². The molecule has 0 bridgehead atoms. The van der Waals surface area contributed by atoms with Gasteiger partial charge in [0.1, 0.15) is 6.33 Å². The van der Waals surface area contributed by atoms with E-state index in [9.17, 15) is 27.6 Å². The molecular formula is C38H56N6O7S. The largest absolute Gasteiger partial charge is 0.339 e. The SMILES string of the molecule is C=C[C@@H]1C[C@]1(CC(=O)[C@@H]1C[C@@]2(CN1C(=O)[C@@H](CC(=O)[C@@H](NC(=O)c1ncn[nH]1)C(C)(C)C)C(C)(C)C)C(C)(C)C21CCC1)C(=O)NS(=O)(=O)C1CC1. The summed E-state index contributed by atoms with van der Waals surface area (Å²) in [6, 6.07) is -1.77. The van der Waals surface area contributed by atoms with Gasteiger partial charge in [-0.1, -0.05) is 67.9 Å². The highest BCUT2D eigenvalue weighted by molar-refractivity contribution is 7.90. The van der Waals surface area contributed by atoms with Gasteiger partial charge in [-0.25, -0.2) is 13.4 Å². The van der Waals surface area contributed by atoms with Crippen LogP contribution in [0.15, 0.2) is 19.0 Å². The smallest absolute Gasteiger partial charge is 0.289 e. The Morgan fingerprint density at radius 3 is 2.15 bits per heavy atom. The number of rotatable bonds is 13. The number of nitrogens with zero attached hydrogens (tertiary/aromatic N) is 3. The van der Waals surface area contributed by atoms with Crippen molar-refractivity contribution in [3.63, 3.8) is 0 Å². The Morgan fingerprint density at radius 2 is 1.69 bits per heavy atom. The molecule has 1 aromatic rings. The molecule has 1 aliphatic heterocycles. The number of ketones is 2. The van der Waals surface area contributed by atoms with Crippen molar-refractivity contribution >= 4 is 39.3 Å². The van der Waals surface area contributed by atoms with Gasteiger partial charge in [0.15, 0.2) is 11.6 Å². The lowest BCUT2D eigenvalue weighted by molar-refractivity contribution is -0.146. The Balaban J connectivity index is 1.29. The van der Waals surface area contributed by atoms with Gasteiger partial charge in [-0.3, -0.25) is 33.8 Å². The molecule has 2 spiro atoms. The highest BCUT2D eigenvalue weighted by Crippen LogP contribution is 2.88. The third kappa shape index (κ3) is 6.04. The van der Waals surface area contributed by atoms with Crippen LogP contribution < -0.4 is 10.0 Å². The number of carbonyl (C=O) groups excluding carboxylic acids is 5. The van der Waals surface area contributed by atoms with Gasteiger partial charge in [0.25, 0.3) is 5.91 Å². The molecule has 0 radical (unpaired) electrons. The number of aromatic nitrogens is 3. The monoisotopic (exact) mass is 740 g/mol. The van der Waals surface area contributed by atoms with Gasteiger partial charge in [0.05, 0.1) is 22.7 Å². The van der Waals surface area contributed by atoms with Gasteiger partial charge in [0.2, 0.25) is 27.7 Å². The number of sulfonamides is 1. The summed E-state index contributed by atoms with van der Waals surface area (Å²) in [5.41, 5.74) is -3.01. The van der Waals surface area contributed by atoms with Crippen molar-refractivity contribution < 1.29 is 32.4 Å². The van der Waals surface area contributed by atoms with Crippen LogP contribution in [-0.2, 0) is 29.2 Å². The first-order chi connectivity index (χ1) is 24.0. The first-order valence-corrected chi connectivity index (χ1v) is 20.2. The van der Waals surface area contributed by atoms with E-state index in [2.05, 4.69) is 45.6 Å². The highest BCUT2D eigenvalue weighted by Gasteiger charge is 2.85. The minimum atomic E-state index is -3.83. The number of H-pyrrole nitrogens is 1. The van der Waals surface area contributed by atoms with E-state index in [1.165, 1.54) is 6.33 Å². The lowest BCUT2D eigenvalue weighted by Crippen LogP contribution is -2.52. The Kier molecular flexibility index (Phi) is 9.07. The van der Waals surface area contributed by atoms with Crippen LogP contribution in [0.1, 0.15) is 124 Å². The van der Waals surface area contributed by atoms with Gasteiger partial charge in [-0.15, -0.1) is 6.58 Å². The standard InChI is InChI=1S/C38H56N6O7S/c1-10-22-17-36(22,32(49)43-52(50,51)23-12-13-23)19-27(46)25-18-38(35(8,9)37(38)14-11-15-37)20-44(25)31(48)24(33(2,3)4)16-26(45)28(34(5,6)7)41-30(47)29-39-21-40-42-29/h10,21-25,28H,1,11-20H2,2-9H3,(H,41,47)(H,43,49)(H,39,40,42)/t22-,24-,25+,28-,36-,38-/m1/s1. The van der Waals surface area contributed by atoms with E-state index in [0.29, 0.717) is 32.2 Å². The average molecular weight is 741 g/mol. The minimum absolute atomic E-state index is 0.0135. The van der Waals surface area contributed by atoms with Crippen molar-refractivity contribution in [2.75, 3.05) is 6.54 Å². The molecule has 286 valence electrons. The number of likely N-dealkylation sites (tertiary alicyclic amines) is 1. The third-order valence-corrected chi connectivity index (χ3v) is 15.7. The fourth-order valence-corrected chi connectivity index (χ4v) is 11.4. The van der Waals surface area contributed by atoms with Crippen molar-refractivity contribution in [2.45, 2.75) is 131 Å². The first kappa shape index (κ1) is 38.3.